The van der Waals surface area contributed by atoms with Gasteiger partial charge in [-0.25, -0.2) is 9.07 Å². The Bertz CT molecular complexity index is 1480. The molecule has 40 heavy (non-hydrogen) atoms. The topological polar surface area (TPSA) is 98.6 Å². The minimum atomic E-state index is -1.14. The Balaban J connectivity index is 1.62. The fraction of sp³-hybridized carbons (Fsp3) is 0.333. The molecule has 3 aromatic carbocycles. The number of rotatable bonds is 9. The monoisotopic (exact) mass is 545 g/mol. The average molecular weight is 546 g/mol. The van der Waals surface area contributed by atoms with Crippen LogP contribution in [0.4, 0.5) is 10.1 Å². The molecule has 0 saturated heterocycles. The number of hydrogen-bond acceptors (Lipinski definition) is 6. The van der Waals surface area contributed by atoms with Crippen LogP contribution in [0.5, 0.6) is 11.5 Å². The maximum atomic E-state index is 14.2. The predicted octanol–water partition coefficient (Wildman–Crippen LogP) is 4.81. The molecule has 1 heterocycles. The highest BCUT2D eigenvalue weighted by Gasteiger charge is 2.36. The average Bonchev–Trinajstić information content (AvgIpc) is 3.39. The number of carbonyl (C=O) groups is 2. The van der Waals surface area contributed by atoms with E-state index in [-0.39, 0.29) is 18.5 Å². The molecular formula is C30H32FN5O4. The zero-order valence-electron chi connectivity index (χ0n) is 22.5. The van der Waals surface area contributed by atoms with Crippen LogP contribution >= 0.6 is 0 Å². The van der Waals surface area contributed by atoms with Gasteiger partial charge in [0, 0.05) is 17.3 Å². The number of amides is 2. The summed E-state index contributed by atoms with van der Waals surface area (Å²) in [6.45, 7) is -0.197. The summed E-state index contributed by atoms with van der Waals surface area (Å²) in [6.07, 6.45) is 4.91. The van der Waals surface area contributed by atoms with Crippen molar-refractivity contribution in [2.24, 2.45) is 0 Å². The van der Waals surface area contributed by atoms with E-state index in [1.54, 1.807) is 18.2 Å². The van der Waals surface area contributed by atoms with Crippen LogP contribution in [0.2, 0.25) is 0 Å². The number of benzene rings is 3. The zero-order valence-corrected chi connectivity index (χ0v) is 22.5. The number of methoxy groups -OCH3 is 2. The molecule has 0 aliphatic heterocycles. The van der Waals surface area contributed by atoms with Gasteiger partial charge in [-0.05, 0) is 67.4 Å². The van der Waals surface area contributed by atoms with E-state index in [9.17, 15) is 14.0 Å². The van der Waals surface area contributed by atoms with Crippen molar-refractivity contribution in [3.05, 3.63) is 78.1 Å². The van der Waals surface area contributed by atoms with Gasteiger partial charge in [0.1, 0.15) is 35.4 Å². The van der Waals surface area contributed by atoms with Gasteiger partial charge in [0.25, 0.3) is 0 Å². The van der Waals surface area contributed by atoms with Gasteiger partial charge in [-0.15, -0.1) is 5.10 Å². The van der Waals surface area contributed by atoms with E-state index >= 15 is 0 Å². The summed E-state index contributed by atoms with van der Waals surface area (Å²) in [6, 6.07) is 16.8. The second kappa shape index (κ2) is 12.1. The van der Waals surface area contributed by atoms with Gasteiger partial charge in [0.2, 0.25) is 11.8 Å². The van der Waals surface area contributed by atoms with Gasteiger partial charge in [-0.3, -0.25) is 14.5 Å². The first-order valence-corrected chi connectivity index (χ1v) is 13.4. The van der Waals surface area contributed by atoms with Gasteiger partial charge in [-0.2, -0.15) is 0 Å². The minimum Gasteiger partial charge on any atom is -0.497 e. The highest BCUT2D eigenvalue weighted by atomic mass is 19.1. The third-order valence-corrected chi connectivity index (χ3v) is 7.27. The second-order valence-corrected chi connectivity index (χ2v) is 9.83. The number of halogens is 1. The van der Waals surface area contributed by atoms with Gasteiger partial charge in [-0.1, -0.05) is 36.6 Å². The maximum Gasteiger partial charge on any atom is 0.249 e. The van der Waals surface area contributed by atoms with Gasteiger partial charge in [0.05, 0.1) is 19.7 Å². The Hall–Kier alpha value is -4.47. The van der Waals surface area contributed by atoms with E-state index in [1.807, 2.05) is 24.3 Å². The van der Waals surface area contributed by atoms with E-state index < -0.39 is 17.8 Å². The van der Waals surface area contributed by atoms with Crippen LogP contribution in [0, 0.1) is 5.82 Å². The first-order chi connectivity index (χ1) is 19.5. The Morgan fingerprint density at radius 1 is 1.02 bits per heavy atom. The Morgan fingerprint density at radius 2 is 1.77 bits per heavy atom. The fourth-order valence-corrected chi connectivity index (χ4v) is 5.25. The van der Waals surface area contributed by atoms with Crippen LogP contribution in [-0.4, -0.2) is 47.1 Å². The maximum absolute atomic E-state index is 14.2. The molecule has 0 bridgehead atoms. The van der Waals surface area contributed by atoms with Crippen LogP contribution in [0.15, 0.2) is 66.7 Å². The number of para-hydroxylation sites is 1. The van der Waals surface area contributed by atoms with Gasteiger partial charge in [0.15, 0.2) is 0 Å². The molecule has 1 aliphatic rings. The Labute approximate surface area is 231 Å². The molecule has 0 spiro atoms. The molecule has 4 aromatic rings. The molecule has 208 valence electrons. The minimum absolute atomic E-state index is 0.00946. The molecule has 1 N–H and O–H groups in total. The third-order valence-electron chi connectivity index (χ3n) is 7.27. The summed E-state index contributed by atoms with van der Waals surface area (Å²) in [7, 11) is 3.04. The van der Waals surface area contributed by atoms with Gasteiger partial charge >= 0.3 is 0 Å². The van der Waals surface area contributed by atoms with Crippen molar-refractivity contribution in [2.75, 3.05) is 19.1 Å². The molecule has 1 fully saturated rings. The third kappa shape index (κ3) is 5.75. The highest BCUT2D eigenvalue weighted by Crippen LogP contribution is 2.36. The number of aromatic nitrogens is 3. The lowest BCUT2D eigenvalue weighted by Gasteiger charge is -2.34. The lowest BCUT2D eigenvalue weighted by molar-refractivity contribution is -0.127. The summed E-state index contributed by atoms with van der Waals surface area (Å²) in [5.74, 6) is -0.341. The van der Waals surface area contributed by atoms with E-state index in [0.29, 0.717) is 33.8 Å². The summed E-state index contributed by atoms with van der Waals surface area (Å²) >= 11 is 0. The predicted molar refractivity (Wildman–Crippen MR) is 149 cm³/mol. The molecule has 1 saturated carbocycles. The van der Waals surface area contributed by atoms with E-state index in [1.165, 1.54) is 48.1 Å². The van der Waals surface area contributed by atoms with E-state index in [4.69, 9.17) is 9.47 Å². The van der Waals surface area contributed by atoms with Crippen molar-refractivity contribution in [2.45, 2.75) is 50.7 Å². The fourth-order valence-electron chi connectivity index (χ4n) is 5.25. The molecule has 9 nitrogen and oxygen atoms in total. The van der Waals surface area contributed by atoms with Gasteiger partial charge < -0.3 is 14.8 Å². The van der Waals surface area contributed by atoms with Crippen molar-refractivity contribution < 1.29 is 23.5 Å². The highest BCUT2D eigenvalue weighted by molar-refractivity contribution is 6.02. The lowest BCUT2D eigenvalue weighted by atomic mass is 9.94. The lowest BCUT2D eigenvalue weighted by Crippen LogP contribution is -2.48. The van der Waals surface area contributed by atoms with E-state index in [2.05, 4.69) is 15.6 Å². The van der Waals surface area contributed by atoms with E-state index in [0.717, 1.165) is 32.1 Å². The number of anilines is 1. The van der Waals surface area contributed by atoms with Crippen molar-refractivity contribution in [3.8, 4) is 11.5 Å². The molecule has 1 atom stereocenters. The first kappa shape index (κ1) is 27.1. The molecule has 2 amide bonds. The van der Waals surface area contributed by atoms with Crippen LogP contribution in [0.3, 0.4) is 0 Å². The standard InChI is InChI=1S/C30H32FN5O4/c1-39-23-16-17-27(40-2)24(18-23)29(30(38)32-21-8-4-3-5-9-21)36(22-14-12-20(31)13-15-22)28(37)19-35-26-11-7-6-10-25(26)33-34-35/h6-7,10-18,21,29H,3-5,8-9,19H2,1-2H3,(H,32,38)/t29-/m1/s1. The largest absolute Gasteiger partial charge is 0.497 e. The van der Waals surface area contributed by atoms with Crippen molar-refractivity contribution in [1.82, 2.24) is 20.3 Å². The molecular weight excluding hydrogens is 513 g/mol. The summed E-state index contributed by atoms with van der Waals surface area (Å²) in [5, 5.41) is 11.5. The van der Waals surface area contributed by atoms with Crippen LogP contribution in [-0.2, 0) is 16.1 Å². The quantitative estimate of drug-likeness (QED) is 0.324. The summed E-state index contributed by atoms with van der Waals surface area (Å²) in [5.41, 5.74) is 2.11. The summed E-state index contributed by atoms with van der Waals surface area (Å²) < 4.78 is 26.6. The normalized spacial score (nSPS) is 14.5. The molecule has 10 heteroatoms. The molecule has 0 unspecified atom stereocenters. The van der Waals surface area contributed by atoms with Crippen LogP contribution < -0.4 is 19.7 Å². The number of nitrogens with one attached hydrogen (secondary N) is 1. The number of carbonyl (C=O) groups excluding carboxylic acids is 2. The van der Waals surface area contributed by atoms with Crippen molar-refractivity contribution >= 4 is 28.5 Å². The van der Waals surface area contributed by atoms with Crippen molar-refractivity contribution in [3.63, 3.8) is 0 Å². The molecule has 0 radical (unpaired) electrons. The smallest absolute Gasteiger partial charge is 0.249 e. The van der Waals surface area contributed by atoms with Crippen LogP contribution in [0.25, 0.3) is 11.0 Å². The number of nitrogens with zero attached hydrogens (tertiary/aromatic N) is 4. The number of ether oxygens (including phenoxy) is 2. The van der Waals surface area contributed by atoms with Crippen molar-refractivity contribution in [1.29, 1.82) is 0 Å². The number of hydrogen-bond donors (Lipinski definition) is 1. The second-order valence-electron chi connectivity index (χ2n) is 9.83. The molecule has 5 rings (SSSR count). The summed E-state index contributed by atoms with van der Waals surface area (Å²) in [4.78, 5) is 29.7. The number of fused-ring (bicyclic) bond motifs is 1. The SMILES string of the molecule is COc1ccc(OC)c([C@H](C(=O)NC2CCCCC2)N(C(=O)Cn2nnc3ccccc32)c2ccc(F)cc2)c1. The molecule has 1 aliphatic carbocycles. The zero-order chi connectivity index (χ0) is 28.1. The first-order valence-electron chi connectivity index (χ1n) is 13.4. The Kier molecular flexibility index (Phi) is 8.23. The molecule has 1 aromatic heterocycles. The van der Waals surface area contributed by atoms with Crippen LogP contribution in [0.1, 0.15) is 43.7 Å². The Morgan fingerprint density at radius 3 is 2.50 bits per heavy atom.